The summed E-state index contributed by atoms with van der Waals surface area (Å²) in [5.41, 5.74) is 4.25. The fourth-order valence-electron chi connectivity index (χ4n) is 4.22. The molecule has 0 fully saturated rings. The molecule has 1 heterocycles. The van der Waals surface area contributed by atoms with E-state index < -0.39 is 11.5 Å². The first-order valence-corrected chi connectivity index (χ1v) is 10.4. The number of hydrogen-bond donors (Lipinski definition) is 2. The van der Waals surface area contributed by atoms with E-state index in [1.54, 1.807) is 43.3 Å². The molecular weight excluding hydrogens is 404 g/mol. The number of ether oxygens (including phenoxy) is 1. The number of nitrogens with one attached hydrogen (secondary N) is 2. The van der Waals surface area contributed by atoms with Crippen molar-refractivity contribution in [1.82, 2.24) is 4.98 Å². The molecule has 0 amide bonds. The molecule has 0 bridgehead atoms. The number of rotatable bonds is 4. The van der Waals surface area contributed by atoms with Crippen molar-refractivity contribution in [2.24, 2.45) is 0 Å². The van der Waals surface area contributed by atoms with Crippen LogP contribution < -0.4 is 10.9 Å². The lowest BCUT2D eigenvalue weighted by molar-refractivity contribution is 0.0525. The minimum Gasteiger partial charge on any atom is -0.462 e. The van der Waals surface area contributed by atoms with Crippen molar-refractivity contribution >= 4 is 34.0 Å². The molecule has 2 N–H and O–H groups in total. The van der Waals surface area contributed by atoms with Crippen molar-refractivity contribution in [1.29, 1.82) is 0 Å². The van der Waals surface area contributed by atoms with Crippen molar-refractivity contribution in [2.45, 2.75) is 13.8 Å². The zero-order valence-electron chi connectivity index (χ0n) is 17.6. The Morgan fingerprint density at radius 1 is 0.938 bits per heavy atom. The van der Waals surface area contributed by atoms with Crippen LogP contribution in [-0.2, 0) is 4.74 Å². The number of benzene rings is 3. The van der Waals surface area contributed by atoms with Gasteiger partial charge in [-0.15, -0.1) is 0 Å². The summed E-state index contributed by atoms with van der Waals surface area (Å²) < 4.78 is 5.18. The van der Waals surface area contributed by atoms with Gasteiger partial charge in [-0.25, -0.2) is 4.79 Å². The van der Waals surface area contributed by atoms with Gasteiger partial charge in [-0.2, -0.15) is 0 Å². The summed E-state index contributed by atoms with van der Waals surface area (Å²) in [6.07, 6.45) is 0. The predicted octanol–water partition coefficient (Wildman–Crippen LogP) is 4.97. The van der Waals surface area contributed by atoms with Crippen LogP contribution in [0.4, 0.5) is 11.4 Å². The van der Waals surface area contributed by atoms with Gasteiger partial charge in [0.25, 0.3) is 5.56 Å². The Morgan fingerprint density at radius 3 is 2.38 bits per heavy atom. The number of carbonyl (C=O) groups excluding carboxylic acids is 2. The molecule has 3 aromatic carbocycles. The molecule has 4 aromatic rings. The van der Waals surface area contributed by atoms with Crippen LogP contribution in [0.5, 0.6) is 0 Å². The highest BCUT2D eigenvalue weighted by atomic mass is 16.5. The highest BCUT2D eigenvalue weighted by Crippen LogP contribution is 2.43. The summed E-state index contributed by atoms with van der Waals surface area (Å²) in [5.74, 6) is -0.882. The third-order valence-corrected chi connectivity index (χ3v) is 5.66. The molecule has 32 heavy (non-hydrogen) atoms. The van der Waals surface area contributed by atoms with E-state index in [2.05, 4.69) is 10.3 Å². The average molecular weight is 424 g/mol. The Balaban J connectivity index is 1.86. The summed E-state index contributed by atoms with van der Waals surface area (Å²) in [7, 11) is 0. The molecular formula is C26H20N2O4. The maximum absolute atomic E-state index is 13.6. The van der Waals surface area contributed by atoms with Gasteiger partial charge in [0.15, 0.2) is 5.78 Å². The smallest absolute Gasteiger partial charge is 0.344 e. The van der Waals surface area contributed by atoms with Gasteiger partial charge in [0.1, 0.15) is 5.56 Å². The number of carbonyl (C=O) groups is 2. The van der Waals surface area contributed by atoms with Crippen LogP contribution in [0.1, 0.15) is 38.8 Å². The van der Waals surface area contributed by atoms with Crippen molar-refractivity contribution in [2.75, 3.05) is 11.9 Å². The molecule has 1 aliphatic carbocycles. The summed E-state index contributed by atoms with van der Waals surface area (Å²) in [4.78, 5) is 42.1. The number of aromatic nitrogens is 1. The quantitative estimate of drug-likeness (QED) is 0.398. The molecule has 0 spiro atoms. The SMILES string of the molecule is CCOC(=O)c1c2c3c(c(Nc4ccc(C)cc4)ccc3[nH]c1=O)C(=O)c1ccccc1-2. The Hall–Kier alpha value is -4.19. The Morgan fingerprint density at radius 2 is 1.66 bits per heavy atom. The molecule has 5 rings (SSSR count). The largest absolute Gasteiger partial charge is 0.462 e. The van der Waals surface area contributed by atoms with Gasteiger partial charge in [0.2, 0.25) is 0 Å². The lowest BCUT2D eigenvalue weighted by atomic mass is 9.81. The van der Waals surface area contributed by atoms with Gasteiger partial charge < -0.3 is 15.0 Å². The summed E-state index contributed by atoms with van der Waals surface area (Å²) in [6.45, 7) is 3.83. The molecule has 0 aliphatic heterocycles. The van der Waals surface area contributed by atoms with E-state index in [0.717, 1.165) is 11.3 Å². The van der Waals surface area contributed by atoms with E-state index in [0.29, 0.717) is 38.8 Å². The number of aromatic amines is 1. The second-order valence-corrected chi connectivity index (χ2v) is 7.70. The summed E-state index contributed by atoms with van der Waals surface area (Å²) >= 11 is 0. The van der Waals surface area contributed by atoms with Crippen molar-refractivity contribution in [3.05, 3.63) is 93.3 Å². The van der Waals surface area contributed by atoms with Gasteiger partial charge in [-0.1, -0.05) is 42.0 Å². The van der Waals surface area contributed by atoms with Crippen molar-refractivity contribution in [3.8, 4) is 11.1 Å². The maximum Gasteiger partial charge on any atom is 0.344 e. The first-order valence-electron chi connectivity index (χ1n) is 10.4. The minimum atomic E-state index is -0.711. The molecule has 6 heteroatoms. The number of anilines is 2. The molecule has 0 saturated carbocycles. The number of hydrogen-bond acceptors (Lipinski definition) is 5. The topological polar surface area (TPSA) is 88.3 Å². The second kappa shape index (κ2) is 7.50. The summed E-state index contributed by atoms with van der Waals surface area (Å²) in [5, 5.41) is 3.86. The van der Waals surface area contributed by atoms with Crippen LogP contribution in [-0.4, -0.2) is 23.3 Å². The first-order chi connectivity index (χ1) is 15.5. The molecule has 0 unspecified atom stereocenters. The molecule has 0 saturated heterocycles. The second-order valence-electron chi connectivity index (χ2n) is 7.70. The van der Waals surface area contributed by atoms with Crippen LogP contribution in [0, 0.1) is 6.92 Å². The zero-order valence-corrected chi connectivity index (χ0v) is 17.6. The molecule has 1 aliphatic rings. The van der Waals surface area contributed by atoms with Crippen LogP contribution >= 0.6 is 0 Å². The van der Waals surface area contributed by atoms with E-state index in [1.807, 2.05) is 31.2 Å². The van der Waals surface area contributed by atoms with Crippen molar-refractivity contribution < 1.29 is 14.3 Å². The van der Waals surface area contributed by atoms with E-state index in [-0.39, 0.29) is 18.0 Å². The third kappa shape index (κ3) is 3.00. The van der Waals surface area contributed by atoms with E-state index in [9.17, 15) is 14.4 Å². The molecule has 0 atom stereocenters. The lowest BCUT2D eigenvalue weighted by Gasteiger charge is -2.24. The first kappa shape index (κ1) is 19.8. The number of pyridine rings is 1. The number of aryl methyl sites for hydroxylation is 1. The number of esters is 1. The maximum atomic E-state index is 13.6. The van der Waals surface area contributed by atoms with Gasteiger partial charge >= 0.3 is 5.97 Å². The van der Waals surface area contributed by atoms with Crippen LogP contribution in [0.2, 0.25) is 0 Å². The van der Waals surface area contributed by atoms with Gasteiger partial charge in [0, 0.05) is 27.7 Å². The van der Waals surface area contributed by atoms with E-state index >= 15 is 0 Å². The highest BCUT2D eigenvalue weighted by molar-refractivity contribution is 6.29. The monoisotopic (exact) mass is 424 g/mol. The van der Waals surface area contributed by atoms with Gasteiger partial charge in [-0.05, 0) is 43.7 Å². The minimum absolute atomic E-state index is 0.0898. The van der Waals surface area contributed by atoms with Crippen LogP contribution in [0.25, 0.3) is 22.0 Å². The fourth-order valence-corrected chi connectivity index (χ4v) is 4.22. The lowest BCUT2D eigenvalue weighted by Crippen LogP contribution is -2.24. The summed E-state index contributed by atoms with van der Waals surface area (Å²) in [6, 6.07) is 18.4. The number of fused-ring (bicyclic) bond motifs is 2. The van der Waals surface area contributed by atoms with Gasteiger partial charge in [0.05, 0.1) is 17.9 Å². The molecule has 158 valence electrons. The zero-order chi connectivity index (χ0) is 22.4. The van der Waals surface area contributed by atoms with E-state index in [1.165, 1.54) is 0 Å². The third-order valence-electron chi connectivity index (χ3n) is 5.66. The van der Waals surface area contributed by atoms with Crippen LogP contribution in [0.15, 0.2) is 65.5 Å². The highest BCUT2D eigenvalue weighted by Gasteiger charge is 2.33. The van der Waals surface area contributed by atoms with E-state index in [4.69, 9.17) is 4.74 Å². The predicted molar refractivity (Wildman–Crippen MR) is 124 cm³/mol. The Bertz CT molecular complexity index is 1470. The van der Waals surface area contributed by atoms with Crippen LogP contribution in [0.3, 0.4) is 0 Å². The number of H-pyrrole nitrogens is 1. The van der Waals surface area contributed by atoms with Gasteiger partial charge in [-0.3, -0.25) is 9.59 Å². The fraction of sp³-hybridized carbons (Fsp3) is 0.115. The molecule has 0 radical (unpaired) electrons. The average Bonchev–Trinajstić information content (AvgIpc) is 2.79. The molecule has 6 nitrogen and oxygen atoms in total. The molecule has 1 aromatic heterocycles. The standard InChI is InChI=1S/C26H20N2O4/c1-3-32-26(31)23-20-16-6-4-5-7-17(16)24(29)22-19(27-15-10-8-14(2)9-11-15)13-12-18(21(20)22)28-25(23)30/h4-13,27H,3H2,1-2H3,(H,28,30). The Kier molecular flexibility index (Phi) is 4.63. The normalized spacial score (nSPS) is 11.9. The van der Waals surface area contributed by atoms with Crippen molar-refractivity contribution in [3.63, 3.8) is 0 Å². The Labute approximate surface area is 183 Å². The number of ketones is 1.